The second-order valence-corrected chi connectivity index (χ2v) is 15.7. The molecule has 2 N–H and O–H groups in total. The standard InChI is InChI=1S/C24H17F2N3OS.C20H16F2N2OS/c25-18-6-2-7-19(26)21(18)29-23(30)24-28-20-8-1-4-14-9-10-15(12-17(14)22(20)31-24)16-5-3-11-27-13-16;1-11-8-9-12-4-2-7-16-18(13(12)10-11)26-20(23-16)19(25)24-17-14(21)5-3-6-15(17)22/h2-3,5-7,9-13H,1,4,8H2,(H,29,30);3,5-6,8-10H,2,4,7H2,1H3,(H,24,25). The number of para-hydroxylation sites is 2. The molecule has 0 bridgehead atoms. The summed E-state index contributed by atoms with van der Waals surface area (Å²) in [7, 11) is 0. The van der Waals surface area contributed by atoms with Crippen LogP contribution in [0.3, 0.4) is 0 Å². The molecule has 13 heteroatoms. The van der Waals surface area contributed by atoms with Gasteiger partial charge in [-0.1, -0.05) is 54.1 Å². The molecule has 57 heavy (non-hydrogen) atoms. The second-order valence-electron chi connectivity index (χ2n) is 13.7. The number of nitrogens with one attached hydrogen (secondary N) is 2. The molecule has 0 fully saturated rings. The number of rotatable bonds is 5. The van der Waals surface area contributed by atoms with Crippen LogP contribution in [-0.4, -0.2) is 26.8 Å². The van der Waals surface area contributed by atoms with Crippen LogP contribution in [0.15, 0.2) is 97.3 Å². The lowest BCUT2D eigenvalue weighted by Crippen LogP contribution is -2.14. The number of anilines is 2. The van der Waals surface area contributed by atoms with Crippen molar-refractivity contribution in [2.75, 3.05) is 10.6 Å². The van der Waals surface area contributed by atoms with Crippen LogP contribution < -0.4 is 10.6 Å². The average Bonchev–Trinajstić information content (AvgIpc) is 3.75. The molecule has 0 unspecified atom stereocenters. The van der Waals surface area contributed by atoms with E-state index in [9.17, 15) is 27.2 Å². The zero-order valence-corrected chi connectivity index (χ0v) is 32.1. The maximum absolute atomic E-state index is 13.9. The lowest BCUT2D eigenvalue weighted by molar-refractivity contribution is 0.101. The lowest BCUT2D eigenvalue weighted by atomic mass is 9.98. The maximum atomic E-state index is 13.9. The monoisotopic (exact) mass is 803 g/mol. The lowest BCUT2D eigenvalue weighted by Gasteiger charge is -2.09. The summed E-state index contributed by atoms with van der Waals surface area (Å²) in [6.07, 6.45) is 8.83. The number of carbonyl (C=O) groups is 2. The summed E-state index contributed by atoms with van der Waals surface area (Å²) in [6, 6.07) is 23.4. The van der Waals surface area contributed by atoms with Gasteiger partial charge in [0.05, 0.1) is 21.1 Å². The van der Waals surface area contributed by atoms with Crippen molar-refractivity contribution in [3.05, 3.63) is 159 Å². The summed E-state index contributed by atoms with van der Waals surface area (Å²) < 4.78 is 55.4. The number of halogens is 4. The van der Waals surface area contributed by atoms with Crippen LogP contribution in [0, 0.1) is 30.2 Å². The Kier molecular flexibility index (Phi) is 10.8. The van der Waals surface area contributed by atoms with Crippen LogP contribution in [0.5, 0.6) is 0 Å². The average molecular weight is 804 g/mol. The van der Waals surface area contributed by atoms with Crippen LogP contribution in [0.2, 0.25) is 0 Å². The van der Waals surface area contributed by atoms with Gasteiger partial charge < -0.3 is 10.6 Å². The number of benzene rings is 4. The number of fused-ring (bicyclic) bond motifs is 6. The van der Waals surface area contributed by atoms with E-state index >= 15 is 0 Å². The minimum atomic E-state index is -0.821. The van der Waals surface area contributed by atoms with E-state index < -0.39 is 46.5 Å². The zero-order chi connectivity index (χ0) is 39.6. The molecule has 9 rings (SSSR count). The van der Waals surface area contributed by atoms with E-state index in [4.69, 9.17) is 0 Å². The highest BCUT2D eigenvalue weighted by Gasteiger charge is 2.25. The number of aromatic nitrogens is 3. The quantitative estimate of drug-likeness (QED) is 0.169. The number of amides is 2. The normalized spacial score (nSPS) is 12.7. The first-order valence-electron chi connectivity index (χ1n) is 18.3. The zero-order valence-electron chi connectivity index (χ0n) is 30.5. The molecule has 2 amide bonds. The van der Waals surface area contributed by atoms with E-state index in [1.165, 1.54) is 45.9 Å². The fourth-order valence-corrected chi connectivity index (χ4v) is 9.07. The largest absolute Gasteiger partial charge is 0.315 e. The Morgan fingerprint density at radius 1 is 0.596 bits per heavy atom. The first-order chi connectivity index (χ1) is 27.6. The van der Waals surface area contributed by atoms with Gasteiger partial charge in [0.25, 0.3) is 11.8 Å². The van der Waals surface area contributed by atoms with Gasteiger partial charge in [-0.3, -0.25) is 14.6 Å². The molecule has 286 valence electrons. The van der Waals surface area contributed by atoms with Crippen molar-refractivity contribution in [2.45, 2.75) is 45.4 Å². The number of pyridine rings is 1. The number of carbonyl (C=O) groups excluding carboxylic acids is 2. The van der Waals surface area contributed by atoms with Crippen molar-refractivity contribution in [3.63, 3.8) is 0 Å². The number of thiazole rings is 2. The molecule has 7 nitrogen and oxygen atoms in total. The SMILES string of the molecule is Cc1ccc2c(c1)-c1sc(C(=O)Nc3c(F)cccc3F)nc1CCC2.O=C(Nc1c(F)cccc1F)c1nc2c(s1)-c1cc(-c3cccnc3)ccc1CCC2. The Balaban J connectivity index is 0.000000162. The van der Waals surface area contributed by atoms with E-state index in [0.29, 0.717) is 0 Å². The molecule has 0 atom stereocenters. The number of aryl methyl sites for hydroxylation is 5. The molecule has 2 aliphatic rings. The summed E-state index contributed by atoms with van der Waals surface area (Å²) in [4.78, 5) is 40.3. The molecule has 2 aliphatic carbocycles. The first-order valence-corrected chi connectivity index (χ1v) is 19.9. The summed E-state index contributed by atoms with van der Waals surface area (Å²) in [5.41, 5.74) is 8.58. The van der Waals surface area contributed by atoms with Crippen molar-refractivity contribution >= 4 is 45.9 Å². The second kappa shape index (κ2) is 16.2. The molecule has 0 spiro atoms. The topological polar surface area (TPSA) is 96.9 Å². The van der Waals surface area contributed by atoms with Crippen LogP contribution in [0.1, 0.15) is 60.5 Å². The molecule has 0 saturated heterocycles. The van der Waals surface area contributed by atoms with Crippen LogP contribution >= 0.6 is 22.7 Å². The van der Waals surface area contributed by atoms with Crippen molar-refractivity contribution in [1.29, 1.82) is 0 Å². The Bertz CT molecular complexity index is 2620. The Hall–Kier alpha value is -6.05. The Labute approximate surface area is 333 Å². The predicted octanol–water partition coefficient (Wildman–Crippen LogP) is 11.0. The Morgan fingerprint density at radius 2 is 1.11 bits per heavy atom. The third-order valence-electron chi connectivity index (χ3n) is 9.76. The van der Waals surface area contributed by atoms with Gasteiger partial charge >= 0.3 is 0 Å². The van der Waals surface area contributed by atoms with Gasteiger partial charge in [0, 0.05) is 18.0 Å². The van der Waals surface area contributed by atoms with Gasteiger partial charge in [0.15, 0.2) is 10.0 Å². The van der Waals surface area contributed by atoms with Gasteiger partial charge in [0.2, 0.25) is 0 Å². The summed E-state index contributed by atoms with van der Waals surface area (Å²) in [6.45, 7) is 2.03. The predicted molar refractivity (Wildman–Crippen MR) is 216 cm³/mol. The van der Waals surface area contributed by atoms with Crippen LogP contribution in [-0.2, 0) is 25.7 Å². The fraction of sp³-hybridized carbons (Fsp3) is 0.159. The van der Waals surface area contributed by atoms with E-state index in [1.807, 2.05) is 25.3 Å². The van der Waals surface area contributed by atoms with Crippen molar-refractivity contribution in [2.24, 2.45) is 0 Å². The molecule has 3 aromatic heterocycles. The molecule has 0 radical (unpaired) electrons. The van der Waals surface area contributed by atoms with E-state index in [2.05, 4.69) is 62.0 Å². The Morgan fingerprint density at radius 3 is 1.61 bits per heavy atom. The molecule has 4 aromatic carbocycles. The molecular weight excluding hydrogens is 771 g/mol. The van der Waals surface area contributed by atoms with Gasteiger partial charge in [-0.2, -0.15) is 0 Å². The minimum absolute atomic E-state index is 0.187. The van der Waals surface area contributed by atoms with Gasteiger partial charge in [0.1, 0.15) is 34.6 Å². The smallest absolute Gasteiger partial charge is 0.284 e. The third kappa shape index (κ3) is 7.98. The van der Waals surface area contributed by atoms with E-state index in [0.717, 1.165) is 112 Å². The summed E-state index contributed by atoms with van der Waals surface area (Å²) >= 11 is 2.52. The molecule has 3 heterocycles. The summed E-state index contributed by atoms with van der Waals surface area (Å²) in [5.74, 6) is -4.47. The first kappa shape index (κ1) is 37.9. The minimum Gasteiger partial charge on any atom is -0.315 e. The molecule has 0 saturated carbocycles. The highest BCUT2D eigenvalue weighted by atomic mass is 32.1. The van der Waals surface area contributed by atoms with Crippen molar-refractivity contribution < 1.29 is 27.2 Å². The number of hydrogen-bond acceptors (Lipinski definition) is 7. The van der Waals surface area contributed by atoms with E-state index in [-0.39, 0.29) is 10.0 Å². The van der Waals surface area contributed by atoms with E-state index in [1.54, 1.807) is 6.20 Å². The van der Waals surface area contributed by atoms with Gasteiger partial charge in [-0.05, 0) is 110 Å². The molecule has 0 aliphatic heterocycles. The molecule has 7 aromatic rings. The molecular formula is C44H33F4N5O2S2. The number of hydrogen-bond donors (Lipinski definition) is 2. The van der Waals surface area contributed by atoms with Crippen LogP contribution in [0.25, 0.3) is 32.0 Å². The highest BCUT2D eigenvalue weighted by molar-refractivity contribution is 7.17. The van der Waals surface area contributed by atoms with Gasteiger partial charge in [-0.25, -0.2) is 27.5 Å². The van der Waals surface area contributed by atoms with Crippen molar-refractivity contribution in [3.8, 4) is 32.0 Å². The number of nitrogens with zero attached hydrogens (tertiary/aromatic N) is 3. The van der Waals surface area contributed by atoms with Crippen molar-refractivity contribution in [1.82, 2.24) is 15.0 Å². The van der Waals surface area contributed by atoms with Crippen LogP contribution in [0.4, 0.5) is 28.9 Å². The fourth-order valence-electron chi connectivity index (χ4n) is 6.96. The van der Waals surface area contributed by atoms with Gasteiger partial charge in [-0.15, -0.1) is 22.7 Å². The highest BCUT2D eigenvalue weighted by Crippen LogP contribution is 2.40. The third-order valence-corrected chi connectivity index (χ3v) is 12.0. The summed E-state index contributed by atoms with van der Waals surface area (Å²) in [5, 5.41) is 5.05. The maximum Gasteiger partial charge on any atom is 0.284 e.